The van der Waals surface area contributed by atoms with Crippen molar-refractivity contribution in [2.24, 2.45) is 18.9 Å². The zero-order chi connectivity index (χ0) is 21.3. The molecular weight excluding hydrogens is 388 g/mol. The predicted octanol–water partition coefficient (Wildman–Crippen LogP) is 2.70. The molecule has 1 N–H and O–H groups in total. The Balaban J connectivity index is 1.70. The van der Waals surface area contributed by atoms with Gasteiger partial charge in [-0.2, -0.15) is 0 Å². The number of carbonyl (C=O) groups is 1. The number of nitrogens with one attached hydrogen (secondary N) is 1. The molecule has 1 heterocycles. The van der Waals surface area contributed by atoms with Gasteiger partial charge in [0.15, 0.2) is 0 Å². The number of nitrogens with zero attached hydrogens (tertiary/aromatic N) is 3. The van der Waals surface area contributed by atoms with E-state index < -0.39 is 10.0 Å². The molecule has 1 fully saturated rings. The molecule has 1 aromatic carbocycles. The maximum atomic E-state index is 12.5. The molecule has 1 aliphatic carbocycles. The van der Waals surface area contributed by atoms with E-state index in [1.165, 1.54) is 31.2 Å². The summed E-state index contributed by atoms with van der Waals surface area (Å²) < 4.78 is 27.8. The first-order valence-corrected chi connectivity index (χ1v) is 11.7. The number of imidazole rings is 1. The van der Waals surface area contributed by atoms with E-state index in [9.17, 15) is 13.2 Å². The van der Waals surface area contributed by atoms with Gasteiger partial charge in [-0.15, -0.1) is 0 Å². The molecule has 0 unspecified atom stereocenters. The lowest BCUT2D eigenvalue weighted by molar-refractivity contribution is -0.122. The van der Waals surface area contributed by atoms with Gasteiger partial charge in [0.25, 0.3) is 0 Å². The van der Waals surface area contributed by atoms with Gasteiger partial charge in [-0.25, -0.2) is 17.7 Å². The summed E-state index contributed by atoms with van der Waals surface area (Å²) in [6.45, 7) is 4.48. The van der Waals surface area contributed by atoms with E-state index in [2.05, 4.69) is 24.1 Å². The number of benzene rings is 1. The summed E-state index contributed by atoms with van der Waals surface area (Å²) >= 11 is 0. The third-order valence-electron chi connectivity index (χ3n) is 6.35. The first-order valence-electron chi connectivity index (χ1n) is 10.3. The van der Waals surface area contributed by atoms with E-state index in [0.717, 1.165) is 17.8 Å². The number of amides is 1. The number of sulfonamides is 1. The van der Waals surface area contributed by atoms with Gasteiger partial charge in [0.05, 0.1) is 15.9 Å². The highest BCUT2D eigenvalue weighted by Gasteiger charge is 2.28. The molecule has 0 spiro atoms. The van der Waals surface area contributed by atoms with Crippen molar-refractivity contribution in [1.82, 2.24) is 19.2 Å². The van der Waals surface area contributed by atoms with Crippen LogP contribution in [-0.4, -0.2) is 48.3 Å². The zero-order valence-corrected chi connectivity index (χ0v) is 18.8. The minimum atomic E-state index is -3.50. The molecule has 0 bridgehead atoms. The Morgan fingerprint density at radius 1 is 1.28 bits per heavy atom. The van der Waals surface area contributed by atoms with Gasteiger partial charge in [-0.1, -0.05) is 26.7 Å². The molecule has 2 aromatic rings. The maximum Gasteiger partial charge on any atom is 0.242 e. The van der Waals surface area contributed by atoms with E-state index in [0.29, 0.717) is 30.2 Å². The summed E-state index contributed by atoms with van der Waals surface area (Å²) in [6, 6.07) is 5.22. The van der Waals surface area contributed by atoms with E-state index in [1.54, 1.807) is 18.2 Å². The highest BCUT2D eigenvalue weighted by atomic mass is 32.2. The quantitative estimate of drug-likeness (QED) is 0.779. The van der Waals surface area contributed by atoms with E-state index in [1.807, 2.05) is 11.6 Å². The van der Waals surface area contributed by atoms with Gasteiger partial charge >= 0.3 is 0 Å². The molecule has 1 saturated carbocycles. The SMILES string of the molecule is C[C@H]1[C@H](C)CCC[C@@H]1NC(=O)CCc1nc2cc(S(=O)(=O)N(C)C)ccc2n1C. The molecule has 29 heavy (non-hydrogen) atoms. The number of fused-ring (bicyclic) bond motifs is 1. The van der Waals surface area contributed by atoms with Gasteiger partial charge < -0.3 is 9.88 Å². The molecule has 8 heteroatoms. The van der Waals surface area contributed by atoms with Crippen LogP contribution in [0.2, 0.25) is 0 Å². The fraction of sp³-hybridized carbons (Fsp3) is 0.619. The molecule has 0 saturated heterocycles. The molecule has 0 radical (unpaired) electrons. The third-order valence-corrected chi connectivity index (χ3v) is 8.16. The molecule has 7 nitrogen and oxygen atoms in total. The van der Waals surface area contributed by atoms with Crippen molar-refractivity contribution in [3.63, 3.8) is 0 Å². The van der Waals surface area contributed by atoms with Gasteiger partial charge in [0, 0.05) is 40.0 Å². The van der Waals surface area contributed by atoms with Crippen molar-refractivity contribution in [2.45, 2.75) is 56.9 Å². The van der Waals surface area contributed by atoms with Crippen LogP contribution in [0.15, 0.2) is 23.1 Å². The number of hydrogen-bond donors (Lipinski definition) is 1. The number of aryl methyl sites for hydroxylation is 2. The maximum absolute atomic E-state index is 12.5. The second-order valence-electron chi connectivity index (χ2n) is 8.47. The fourth-order valence-corrected chi connectivity index (χ4v) is 5.04. The Kier molecular flexibility index (Phi) is 6.33. The van der Waals surface area contributed by atoms with Crippen molar-refractivity contribution < 1.29 is 13.2 Å². The standard InChI is InChI=1S/C21H32N4O3S/c1-14-7-6-8-17(15(14)2)23-21(26)12-11-20-22-18-13-16(29(27,28)24(3)4)9-10-19(18)25(20)5/h9-10,13-15,17H,6-8,11-12H2,1-5H3,(H,23,26)/t14-,15+,17+/m1/s1. The Hall–Kier alpha value is -1.93. The number of rotatable bonds is 6. The minimum absolute atomic E-state index is 0.0545. The summed E-state index contributed by atoms with van der Waals surface area (Å²) in [5.41, 5.74) is 1.48. The summed E-state index contributed by atoms with van der Waals surface area (Å²) in [7, 11) is 1.41. The molecule has 3 atom stereocenters. The second kappa shape index (κ2) is 8.44. The third kappa shape index (κ3) is 4.48. The molecule has 0 aliphatic heterocycles. The van der Waals surface area contributed by atoms with Crippen LogP contribution in [0.25, 0.3) is 11.0 Å². The lowest BCUT2D eigenvalue weighted by Gasteiger charge is -2.34. The van der Waals surface area contributed by atoms with Crippen molar-refractivity contribution in [1.29, 1.82) is 0 Å². The van der Waals surface area contributed by atoms with Crippen molar-refractivity contribution in [2.75, 3.05) is 14.1 Å². The van der Waals surface area contributed by atoms with Crippen LogP contribution < -0.4 is 5.32 Å². The Morgan fingerprint density at radius 2 is 2.00 bits per heavy atom. The van der Waals surface area contributed by atoms with Crippen molar-refractivity contribution in [3.8, 4) is 0 Å². The first kappa shape index (κ1) is 21.8. The monoisotopic (exact) mass is 420 g/mol. The molecule has 1 aromatic heterocycles. The number of aromatic nitrogens is 2. The van der Waals surface area contributed by atoms with Crippen LogP contribution in [0.3, 0.4) is 0 Å². The average Bonchev–Trinajstić information content (AvgIpc) is 2.99. The zero-order valence-electron chi connectivity index (χ0n) is 18.0. The molecular formula is C21H32N4O3S. The lowest BCUT2D eigenvalue weighted by atomic mass is 9.78. The van der Waals surface area contributed by atoms with Crippen LogP contribution in [0.4, 0.5) is 0 Å². The number of hydrogen-bond acceptors (Lipinski definition) is 4. The molecule has 1 amide bonds. The second-order valence-corrected chi connectivity index (χ2v) is 10.6. The van der Waals surface area contributed by atoms with Gasteiger partial charge in [0.1, 0.15) is 5.82 Å². The van der Waals surface area contributed by atoms with Crippen LogP contribution in [-0.2, 0) is 28.3 Å². The van der Waals surface area contributed by atoms with Gasteiger partial charge in [0.2, 0.25) is 15.9 Å². The first-order chi connectivity index (χ1) is 13.6. The topological polar surface area (TPSA) is 84.3 Å². The number of carbonyl (C=O) groups excluding carboxylic acids is 1. The van der Waals surface area contributed by atoms with Crippen LogP contribution in [0.1, 0.15) is 45.4 Å². The summed E-state index contributed by atoms with van der Waals surface area (Å²) in [4.78, 5) is 17.3. The minimum Gasteiger partial charge on any atom is -0.353 e. The summed E-state index contributed by atoms with van der Waals surface area (Å²) in [5, 5.41) is 3.20. The predicted molar refractivity (Wildman–Crippen MR) is 114 cm³/mol. The van der Waals surface area contributed by atoms with E-state index >= 15 is 0 Å². The Morgan fingerprint density at radius 3 is 2.69 bits per heavy atom. The highest BCUT2D eigenvalue weighted by Crippen LogP contribution is 2.29. The summed E-state index contributed by atoms with van der Waals surface area (Å²) in [6.07, 6.45) is 4.34. The molecule has 1 aliphatic rings. The lowest BCUT2D eigenvalue weighted by Crippen LogP contribution is -2.43. The van der Waals surface area contributed by atoms with Crippen LogP contribution >= 0.6 is 0 Å². The van der Waals surface area contributed by atoms with Gasteiger partial charge in [-0.3, -0.25) is 4.79 Å². The Labute approximate surface area is 173 Å². The smallest absolute Gasteiger partial charge is 0.242 e. The van der Waals surface area contributed by atoms with Crippen molar-refractivity contribution >= 4 is 27.0 Å². The van der Waals surface area contributed by atoms with Crippen LogP contribution in [0.5, 0.6) is 0 Å². The average molecular weight is 421 g/mol. The fourth-order valence-electron chi connectivity index (χ4n) is 4.11. The summed E-state index contributed by atoms with van der Waals surface area (Å²) in [5.74, 6) is 1.97. The molecule has 160 valence electrons. The normalized spacial score (nSPS) is 22.9. The Bertz CT molecular complexity index is 997. The van der Waals surface area contributed by atoms with Crippen LogP contribution in [0, 0.1) is 11.8 Å². The van der Waals surface area contributed by atoms with Crippen molar-refractivity contribution in [3.05, 3.63) is 24.0 Å². The highest BCUT2D eigenvalue weighted by molar-refractivity contribution is 7.89. The largest absolute Gasteiger partial charge is 0.353 e. The van der Waals surface area contributed by atoms with Gasteiger partial charge in [-0.05, 0) is 36.5 Å². The van der Waals surface area contributed by atoms with E-state index in [4.69, 9.17) is 0 Å². The van der Waals surface area contributed by atoms with E-state index in [-0.39, 0.29) is 16.8 Å². The molecule has 3 rings (SSSR count).